The van der Waals surface area contributed by atoms with Gasteiger partial charge in [0.25, 0.3) is 0 Å². The Balaban J connectivity index is 1.25. The maximum atomic E-state index is 10.2. The van der Waals surface area contributed by atoms with Gasteiger partial charge in [0.1, 0.15) is 11.5 Å². The number of nitriles is 1. The summed E-state index contributed by atoms with van der Waals surface area (Å²) in [6.07, 6.45) is 14.2. The van der Waals surface area contributed by atoms with Crippen LogP contribution in [0.1, 0.15) is 51.9 Å². The summed E-state index contributed by atoms with van der Waals surface area (Å²) in [5.41, 5.74) is 2.97. The maximum Gasteiger partial charge on any atom is 0.229 e. The minimum atomic E-state index is -0.186. The Kier molecular flexibility index (Phi) is 4.13. The Morgan fingerprint density at radius 1 is 1.24 bits per heavy atom. The molecule has 1 N–H and O–H groups in total. The molecule has 1 aromatic rings. The fourth-order valence-electron chi connectivity index (χ4n) is 8.26. The second kappa shape index (κ2) is 6.85. The van der Waals surface area contributed by atoms with Crippen molar-refractivity contribution in [2.24, 2.45) is 23.2 Å². The molecule has 7 aliphatic rings. The van der Waals surface area contributed by atoms with Gasteiger partial charge < -0.3 is 19.9 Å². The first-order valence-corrected chi connectivity index (χ1v) is 12.7. The van der Waals surface area contributed by atoms with E-state index in [2.05, 4.69) is 58.9 Å². The molecule has 7 nitrogen and oxygen atoms in total. The highest BCUT2D eigenvalue weighted by Gasteiger charge is 2.62. The minimum Gasteiger partial charge on any atom is -0.373 e. The molecule has 176 valence electrons. The zero-order valence-corrected chi connectivity index (χ0v) is 20.0. The zero-order chi connectivity index (χ0) is 23.2. The van der Waals surface area contributed by atoms with Gasteiger partial charge in [-0.2, -0.15) is 10.2 Å². The molecule has 0 aromatic carbocycles. The number of ether oxygens (including phenoxy) is 1. The van der Waals surface area contributed by atoms with Crippen molar-refractivity contribution in [2.75, 3.05) is 28.8 Å². The molecule has 1 saturated heterocycles. The van der Waals surface area contributed by atoms with E-state index in [1.165, 1.54) is 12.0 Å². The fourth-order valence-corrected chi connectivity index (χ4v) is 8.26. The smallest absolute Gasteiger partial charge is 0.229 e. The molecule has 1 aromatic heterocycles. The number of nitrogens with zero attached hydrogens (tertiary/aromatic N) is 5. The standard InChI is InChI=1S/C27H32N6O/c1-16-6-23-20(4-5-34-23)8-21(16)30-25-29-13-22-24(31-25)33(17(2)32(22)3)27-11-18-7-19(12-27)10-26(9-18,14-27)15-28/h6,8,13,18-20,23H,2,4-5,7,9-12,14H2,1,3H3,(H,29,30,31). The molecule has 0 spiro atoms. The summed E-state index contributed by atoms with van der Waals surface area (Å²) in [7, 11) is 2.05. The average molecular weight is 457 g/mol. The van der Waals surface area contributed by atoms with Gasteiger partial charge in [-0.15, -0.1) is 0 Å². The molecule has 4 unspecified atom stereocenters. The molecule has 0 radical (unpaired) electrons. The molecule has 2 aliphatic heterocycles. The summed E-state index contributed by atoms with van der Waals surface area (Å²) in [6.45, 7) is 7.41. The number of allylic oxidation sites excluding steroid dienone is 1. The van der Waals surface area contributed by atoms with Crippen molar-refractivity contribution in [2.45, 2.75) is 63.5 Å². The van der Waals surface area contributed by atoms with Gasteiger partial charge in [0.05, 0.1) is 29.3 Å². The van der Waals surface area contributed by atoms with Crippen LogP contribution in [0.4, 0.5) is 17.5 Å². The van der Waals surface area contributed by atoms with Crippen LogP contribution in [0, 0.1) is 34.5 Å². The highest BCUT2D eigenvalue weighted by molar-refractivity contribution is 5.80. The van der Waals surface area contributed by atoms with E-state index in [1.54, 1.807) is 0 Å². The van der Waals surface area contributed by atoms with Crippen LogP contribution >= 0.6 is 0 Å². The number of anilines is 3. The number of nitrogens with one attached hydrogen (secondary N) is 1. The van der Waals surface area contributed by atoms with Crippen molar-refractivity contribution in [3.8, 4) is 6.07 Å². The SMILES string of the molecule is C=C1N(C)c2cnc(NC3=CC4CCOC4C=C3C)nc2N1C12CC3CC(CC(C#N)(C3)C1)C2. The largest absolute Gasteiger partial charge is 0.373 e. The van der Waals surface area contributed by atoms with Crippen molar-refractivity contribution in [3.63, 3.8) is 0 Å². The molecule has 3 heterocycles. The molecule has 5 aliphatic carbocycles. The number of rotatable bonds is 3. The summed E-state index contributed by atoms with van der Waals surface area (Å²) < 4.78 is 5.83. The molecule has 0 amide bonds. The van der Waals surface area contributed by atoms with Gasteiger partial charge in [-0.3, -0.25) is 0 Å². The van der Waals surface area contributed by atoms with Crippen LogP contribution in [-0.4, -0.2) is 35.3 Å². The van der Waals surface area contributed by atoms with Crippen LogP contribution in [0.25, 0.3) is 0 Å². The highest BCUT2D eigenvalue weighted by Crippen LogP contribution is 2.65. The molecular formula is C27H32N6O. The van der Waals surface area contributed by atoms with Crippen LogP contribution in [0.2, 0.25) is 0 Å². The van der Waals surface area contributed by atoms with Gasteiger partial charge >= 0.3 is 0 Å². The minimum absolute atomic E-state index is 0.0731. The van der Waals surface area contributed by atoms with E-state index in [0.29, 0.717) is 23.7 Å². The number of fused-ring (bicyclic) bond motifs is 2. The summed E-state index contributed by atoms with van der Waals surface area (Å²) >= 11 is 0. The molecule has 8 rings (SSSR count). The number of hydrogen-bond donors (Lipinski definition) is 1. The Morgan fingerprint density at radius 2 is 2.03 bits per heavy atom. The topological polar surface area (TPSA) is 77.3 Å². The highest BCUT2D eigenvalue weighted by atomic mass is 16.5. The summed E-state index contributed by atoms with van der Waals surface area (Å²) in [4.78, 5) is 14.3. The van der Waals surface area contributed by atoms with Crippen molar-refractivity contribution >= 4 is 17.5 Å². The lowest BCUT2D eigenvalue weighted by atomic mass is 9.47. The molecule has 7 heteroatoms. The predicted octanol–water partition coefficient (Wildman–Crippen LogP) is 4.73. The fraction of sp³-hybridized carbons (Fsp3) is 0.593. The summed E-state index contributed by atoms with van der Waals surface area (Å²) in [6, 6.07) is 2.76. The Labute approximate surface area is 201 Å². The van der Waals surface area contributed by atoms with E-state index in [0.717, 1.165) is 68.2 Å². The Bertz CT molecular complexity index is 1180. The summed E-state index contributed by atoms with van der Waals surface area (Å²) in [5, 5.41) is 13.7. The van der Waals surface area contributed by atoms with Crippen LogP contribution in [0.5, 0.6) is 0 Å². The number of aromatic nitrogens is 2. The first-order chi connectivity index (χ1) is 16.4. The molecular weight excluding hydrogens is 424 g/mol. The van der Waals surface area contributed by atoms with Gasteiger partial charge in [-0.05, 0) is 69.3 Å². The first kappa shape index (κ1) is 20.5. The lowest BCUT2D eigenvalue weighted by Crippen LogP contribution is -2.63. The predicted molar refractivity (Wildman–Crippen MR) is 131 cm³/mol. The van der Waals surface area contributed by atoms with Gasteiger partial charge in [-0.1, -0.05) is 18.7 Å². The monoisotopic (exact) mass is 456 g/mol. The van der Waals surface area contributed by atoms with E-state index in [9.17, 15) is 5.26 Å². The van der Waals surface area contributed by atoms with Crippen LogP contribution in [0.3, 0.4) is 0 Å². The van der Waals surface area contributed by atoms with E-state index in [1.807, 2.05) is 6.20 Å². The normalized spacial score (nSPS) is 39.5. The van der Waals surface area contributed by atoms with Crippen molar-refractivity contribution < 1.29 is 4.74 Å². The Morgan fingerprint density at radius 3 is 2.79 bits per heavy atom. The number of hydrogen-bond acceptors (Lipinski definition) is 7. The van der Waals surface area contributed by atoms with Gasteiger partial charge in [0.15, 0.2) is 5.82 Å². The van der Waals surface area contributed by atoms with E-state index in [4.69, 9.17) is 9.72 Å². The second-order valence-electron chi connectivity index (χ2n) is 11.6. The third-order valence-corrected chi connectivity index (χ3v) is 9.36. The van der Waals surface area contributed by atoms with Gasteiger partial charge in [-0.25, -0.2) is 4.98 Å². The maximum absolute atomic E-state index is 10.2. The molecule has 5 fully saturated rings. The zero-order valence-electron chi connectivity index (χ0n) is 20.0. The van der Waals surface area contributed by atoms with Crippen LogP contribution < -0.4 is 15.1 Å². The third kappa shape index (κ3) is 2.78. The quantitative estimate of drug-likeness (QED) is 0.705. The van der Waals surface area contributed by atoms with Crippen LogP contribution in [0.15, 0.2) is 42.0 Å². The third-order valence-electron chi connectivity index (χ3n) is 9.36. The van der Waals surface area contributed by atoms with Crippen molar-refractivity contribution in [1.29, 1.82) is 5.26 Å². The second-order valence-corrected chi connectivity index (χ2v) is 11.6. The van der Waals surface area contributed by atoms with Gasteiger partial charge in [0.2, 0.25) is 5.95 Å². The molecule has 34 heavy (non-hydrogen) atoms. The Hall–Kier alpha value is -2.85. The summed E-state index contributed by atoms with van der Waals surface area (Å²) in [5.74, 6) is 4.17. The van der Waals surface area contributed by atoms with Gasteiger partial charge in [0, 0.05) is 25.3 Å². The molecule has 4 atom stereocenters. The van der Waals surface area contributed by atoms with E-state index in [-0.39, 0.29) is 17.1 Å². The first-order valence-electron chi connectivity index (χ1n) is 12.7. The van der Waals surface area contributed by atoms with Crippen LogP contribution in [-0.2, 0) is 4.74 Å². The van der Waals surface area contributed by atoms with E-state index < -0.39 is 0 Å². The lowest BCUT2D eigenvalue weighted by molar-refractivity contribution is -0.0370. The lowest BCUT2D eigenvalue weighted by Gasteiger charge is -2.62. The van der Waals surface area contributed by atoms with E-state index >= 15 is 0 Å². The van der Waals surface area contributed by atoms with Crippen molar-refractivity contribution in [1.82, 2.24) is 9.97 Å². The molecule has 4 bridgehead atoms. The molecule has 4 saturated carbocycles. The average Bonchev–Trinajstić information content (AvgIpc) is 3.35. The van der Waals surface area contributed by atoms with Crippen molar-refractivity contribution in [3.05, 3.63) is 42.0 Å².